The van der Waals surface area contributed by atoms with Crippen molar-refractivity contribution >= 4 is 11.9 Å². The molecule has 0 saturated carbocycles. The molecule has 2 atom stereocenters. The molecule has 1 saturated heterocycles. The van der Waals surface area contributed by atoms with E-state index in [0.717, 1.165) is 5.56 Å². The third-order valence-electron chi connectivity index (χ3n) is 4.87. The number of amides is 1. The van der Waals surface area contributed by atoms with E-state index in [1.165, 1.54) is 11.1 Å². The van der Waals surface area contributed by atoms with Gasteiger partial charge in [-0.1, -0.05) is 30.3 Å². The Balaban J connectivity index is 1.90. The Morgan fingerprint density at radius 1 is 1.32 bits per heavy atom. The lowest BCUT2D eigenvalue weighted by Gasteiger charge is -2.43. The summed E-state index contributed by atoms with van der Waals surface area (Å²) in [5.41, 5.74) is -0.615. The minimum absolute atomic E-state index is 0.0515. The lowest BCUT2D eigenvalue weighted by atomic mass is 9.73. The number of aliphatic carboxylic acids is 1. The zero-order valence-corrected chi connectivity index (χ0v) is 14.0. The van der Waals surface area contributed by atoms with Gasteiger partial charge in [0.25, 0.3) is 5.91 Å². The van der Waals surface area contributed by atoms with Gasteiger partial charge in [-0.15, -0.1) is 0 Å². The molecule has 0 unspecified atom stereocenters. The monoisotopic (exact) mass is 343 g/mol. The van der Waals surface area contributed by atoms with Crippen molar-refractivity contribution in [2.24, 2.45) is 12.5 Å². The molecule has 1 aromatic carbocycles. The van der Waals surface area contributed by atoms with Crippen LogP contribution in [0.5, 0.6) is 0 Å². The second-order valence-corrected chi connectivity index (χ2v) is 6.52. The number of piperidine rings is 1. The van der Waals surface area contributed by atoms with Crippen molar-refractivity contribution in [2.45, 2.75) is 18.9 Å². The highest BCUT2D eigenvalue weighted by atomic mass is 16.4. The molecule has 0 radical (unpaired) electrons. The second kappa shape index (κ2) is 6.68. The lowest BCUT2D eigenvalue weighted by molar-refractivity contribution is -0.161. The fourth-order valence-electron chi connectivity index (χ4n) is 3.39. The fourth-order valence-corrected chi connectivity index (χ4v) is 3.39. The topological polar surface area (TPSA) is 95.7 Å². The van der Waals surface area contributed by atoms with Gasteiger partial charge in [0.15, 0.2) is 5.82 Å². The number of aliphatic hydroxyl groups excluding tert-OH is 1. The number of carbonyl (C=O) groups excluding carboxylic acids is 1. The average Bonchev–Trinajstić information content (AvgIpc) is 3.03. The van der Waals surface area contributed by atoms with E-state index in [4.69, 9.17) is 0 Å². The average molecular weight is 343 g/mol. The first-order valence-electron chi connectivity index (χ1n) is 8.16. The first-order chi connectivity index (χ1) is 11.9. The number of carboxylic acid groups (broad SMARTS) is 1. The number of rotatable bonds is 4. The van der Waals surface area contributed by atoms with Crippen LogP contribution in [0.15, 0.2) is 42.7 Å². The first-order valence-corrected chi connectivity index (χ1v) is 8.16. The molecule has 7 nitrogen and oxygen atoms in total. The number of carbonyl (C=O) groups is 2. The molecule has 0 spiro atoms. The molecule has 2 N–H and O–H groups in total. The lowest BCUT2D eigenvalue weighted by Crippen LogP contribution is -2.58. The summed E-state index contributed by atoms with van der Waals surface area (Å²) in [6, 6.07) is 9.17. The van der Waals surface area contributed by atoms with Gasteiger partial charge in [-0.3, -0.25) is 9.59 Å². The molecular weight excluding hydrogens is 322 g/mol. The Labute approximate surface area is 145 Å². The summed E-state index contributed by atoms with van der Waals surface area (Å²) in [5.74, 6) is -1.16. The van der Waals surface area contributed by atoms with Gasteiger partial charge in [0.05, 0.1) is 6.10 Å². The molecule has 1 aromatic heterocycles. The van der Waals surface area contributed by atoms with Gasteiger partial charge in [0, 0.05) is 32.5 Å². The predicted octanol–water partition coefficient (Wildman–Crippen LogP) is 0.941. The number of aryl methyl sites for hydroxylation is 1. The number of likely N-dealkylation sites (tertiary alicyclic amines) is 1. The molecule has 1 aliphatic heterocycles. The minimum atomic E-state index is -1.43. The SMILES string of the molecule is Cn1ccnc1C(=O)N1CC[C@H](O)[C@](Cc2ccccc2)(C(=O)O)C1. The third kappa shape index (κ3) is 3.15. The molecule has 25 heavy (non-hydrogen) atoms. The number of hydrogen-bond donors (Lipinski definition) is 2. The fraction of sp³-hybridized carbons (Fsp3) is 0.389. The largest absolute Gasteiger partial charge is 0.481 e. The van der Waals surface area contributed by atoms with Gasteiger partial charge in [-0.05, 0) is 18.4 Å². The van der Waals surface area contributed by atoms with E-state index in [1.54, 1.807) is 17.8 Å². The minimum Gasteiger partial charge on any atom is -0.481 e. The standard InChI is InChI=1S/C18H21N3O4/c1-20-10-8-19-15(20)16(23)21-9-7-14(22)18(12-21,17(24)25)11-13-5-3-2-4-6-13/h2-6,8,10,14,22H,7,9,11-12H2,1H3,(H,24,25)/t14-,18+/m0/s1. The highest BCUT2D eigenvalue weighted by Gasteiger charge is 2.50. The molecule has 2 heterocycles. The van der Waals surface area contributed by atoms with Crippen LogP contribution >= 0.6 is 0 Å². The van der Waals surface area contributed by atoms with E-state index >= 15 is 0 Å². The number of benzene rings is 1. The highest BCUT2D eigenvalue weighted by molar-refractivity contribution is 5.91. The summed E-state index contributed by atoms with van der Waals surface area (Å²) in [6.45, 7) is 0.251. The Kier molecular flexibility index (Phi) is 4.59. The van der Waals surface area contributed by atoms with E-state index in [2.05, 4.69) is 4.98 Å². The van der Waals surface area contributed by atoms with Crippen molar-refractivity contribution in [3.05, 3.63) is 54.1 Å². The Bertz CT molecular complexity index is 774. The second-order valence-electron chi connectivity index (χ2n) is 6.52. The van der Waals surface area contributed by atoms with E-state index in [9.17, 15) is 19.8 Å². The van der Waals surface area contributed by atoms with Crippen LogP contribution in [0.1, 0.15) is 22.6 Å². The van der Waals surface area contributed by atoms with Crippen LogP contribution in [-0.2, 0) is 18.3 Å². The van der Waals surface area contributed by atoms with Crippen LogP contribution < -0.4 is 0 Å². The zero-order chi connectivity index (χ0) is 18.0. The van der Waals surface area contributed by atoms with Gasteiger partial charge in [-0.2, -0.15) is 0 Å². The maximum absolute atomic E-state index is 12.7. The molecule has 2 aromatic rings. The smallest absolute Gasteiger partial charge is 0.314 e. The van der Waals surface area contributed by atoms with Gasteiger partial charge < -0.3 is 19.7 Å². The van der Waals surface area contributed by atoms with Crippen LogP contribution in [0.25, 0.3) is 0 Å². The van der Waals surface area contributed by atoms with Crippen LogP contribution in [0.3, 0.4) is 0 Å². The molecule has 0 bridgehead atoms. The molecule has 7 heteroatoms. The number of nitrogens with zero attached hydrogens (tertiary/aromatic N) is 3. The van der Waals surface area contributed by atoms with Crippen molar-refractivity contribution in [1.29, 1.82) is 0 Å². The van der Waals surface area contributed by atoms with E-state index < -0.39 is 17.5 Å². The van der Waals surface area contributed by atoms with Crippen molar-refractivity contribution in [1.82, 2.24) is 14.5 Å². The molecule has 132 valence electrons. The summed E-state index contributed by atoms with van der Waals surface area (Å²) in [6.07, 6.45) is 2.56. The van der Waals surface area contributed by atoms with E-state index in [1.807, 2.05) is 30.3 Å². The summed E-state index contributed by atoms with van der Waals surface area (Å²) in [7, 11) is 1.72. The number of aromatic nitrogens is 2. The predicted molar refractivity (Wildman–Crippen MR) is 90.0 cm³/mol. The van der Waals surface area contributed by atoms with Crippen LogP contribution in [-0.4, -0.2) is 55.7 Å². The number of aliphatic hydroxyl groups is 1. The maximum atomic E-state index is 12.7. The quantitative estimate of drug-likeness (QED) is 0.861. The van der Waals surface area contributed by atoms with E-state index in [0.29, 0.717) is 6.54 Å². The number of imidazole rings is 1. The third-order valence-corrected chi connectivity index (χ3v) is 4.87. The molecular formula is C18H21N3O4. The molecule has 1 fully saturated rings. The van der Waals surface area contributed by atoms with Crippen molar-refractivity contribution < 1.29 is 19.8 Å². The van der Waals surface area contributed by atoms with Crippen LogP contribution in [0.4, 0.5) is 0 Å². The molecule has 0 aliphatic carbocycles. The summed E-state index contributed by atoms with van der Waals surface area (Å²) < 4.78 is 1.60. The Morgan fingerprint density at radius 3 is 2.64 bits per heavy atom. The van der Waals surface area contributed by atoms with Crippen molar-refractivity contribution in [2.75, 3.05) is 13.1 Å². The zero-order valence-electron chi connectivity index (χ0n) is 14.0. The molecule has 3 rings (SSSR count). The number of hydrogen-bond acceptors (Lipinski definition) is 4. The van der Waals surface area contributed by atoms with Crippen molar-refractivity contribution in [3.63, 3.8) is 0 Å². The van der Waals surface area contributed by atoms with E-state index in [-0.39, 0.29) is 31.1 Å². The van der Waals surface area contributed by atoms with Gasteiger partial charge >= 0.3 is 5.97 Å². The molecule has 1 amide bonds. The Hall–Kier alpha value is -2.67. The van der Waals surface area contributed by atoms with Gasteiger partial charge in [-0.25, -0.2) is 4.98 Å². The molecule has 1 aliphatic rings. The summed E-state index contributed by atoms with van der Waals surface area (Å²) in [4.78, 5) is 30.3. The maximum Gasteiger partial charge on any atom is 0.314 e. The van der Waals surface area contributed by atoms with Gasteiger partial charge in [0.2, 0.25) is 0 Å². The summed E-state index contributed by atoms with van der Waals surface area (Å²) in [5, 5.41) is 20.4. The number of carboxylic acids is 1. The van der Waals surface area contributed by atoms with Gasteiger partial charge in [0.1, 0.15) is 5.41 Å². The normalized spacial score (nSPS) is 23.4. The summed E-state index contributed by atoms with van der Waals surface area (Å²) >= 11 is 0. The van der Waals surface area contributed by atoms with Crippen molar-refractivity contribution in [3.8, 4) is 0 Å². The van der Waals surface area contributed by atoms with Crippen LogP contribution in [0, 0.1) is 5.41 Å². The highest BCUT2D eigenvalue weighted by Crippen LogP contribution is 2.35. The first kappa shape index (κ1) is 17.2. The van der Waals surface area contributed by atoms with Crippen LogP contribution in [0.2, 0.25) is 0 Å². The Morgan fingerprint density at radius 2 is 2.04 bits per heavy atom.